The smallest absolute Gasteiger partial charge is 0.410 e. The van der Waals surface area contributed by atoms with E-state index in [1.807, 2.05) is 51.1 Å². The van der Waals surface area contributed by atoms with Crippen molar-refractivity contribution in [3.8, 4) is 0 Å². The van der Waals surface area contributed by atoms with Crippen LogP contribution in [0.1, 0.15) is 46.6 Å². The summed E-state index contributed by atoms with van der Waals surface area (Å²) in [6.07, 6.45) is 0.444. The first-order valence-corrected chi connectivity index (χ1v) is 10.8. The number of aliphatic hydroxyl groups excluding tert-OH is 1. The van der Waals surface area contributed by atoms with Crippen molar-refractivity contribution < 1.29 is 14.6 Å². The number of hydrogen-bond acceptors (Lipinski definition) is 5. The highest BCUT2D eigenvalue weighted by molar-refractivity contribution is 5.69. The molecule has 1 fully saturated rings. The molecule has 1 aliphatic rings. The van der Waals surface area contributed by atoms with E-state index in [2.05, 4.69) is 18.7 Å². The average Bonchev–Trinajstić information content (AvgIpc) is 2.65. The predicted molar refractivity (Wildman–Crippen MR) is 117 cm³/mol. The molecule has 1 heterocycles. The Labute approximate surface area is 176 Å². The number of nitrogens with zero attached hydrogens (tertiary/aromatic N) is 2. The second kappa shape index (κ2) is 10.4. The molecule has 1 amide bonds. The zero-order valence-corrected chi connectivity index (χ0v) is 18.7. The van der Waals surface area contributed by atoms with Gasteiger partial charge in [-0.3, -0.25) is 9.80 Å². The van der Waals surface area contributed by atoms with Gasteiger partial charge in [0.25, 0.3) is 0 Å². The molecule has 0 spiro atoms. The summed E-state index contributed by atoms with van der Waals surface area (Å²) >= 11 is 0. The van der Waals surface area contributed by atoms with Crippen molar-refractivity contribution in [1.29, 1.82) is 0 Å². The third-order valence-electron chi connectivity index (χ3n) is 5.30. The van der Waals surface area contributed by atoms with Crippen LogP contribution in [0, 0.1) is 5.92 Å². The van der Waals surface area contributed by atoms with E-state index in [1.54, 1.807) is 4.90 Å². The molecule has 2 rings (SSSR count). The first kappa shape index (κ1) is 23.6. The lowest BCUT2D eigenvalue weighted by Gasteiger charge is -2.44. The van der Waals surface area contributed by atoms with Crippen molar-refractivity contribution in [1.82, 2.24) is 9.80 Å². The fourth-order valence-electron chi connectivity index (χ4n) is 3.65. The van der Waals surface area contributed by atoms with Crippen LogP contribution in [0.4, 0.5) is 4.79 Å². The number of nitrogens with two attached hydrogens (primary N) is 1. The molecule has 1 aromatic rings. The minimum absolute atomic E-state index is 0.378. The maximum absolute atomic E-state index is 12.8. The number of carbonyl (C=O) groups excluding carboxylic acids is 1. The highest BCUT2D eigenvalue weighted by Gasteiger charge is 2.39. The van der Waals surface area contributed by atoms with Crippen molar-refractivity contribution in [2.24, 2.45) is 11.7 Å². The monoisotopic (exact) mass is 405 g/mol. The Morgan fingerprint density at radius 2 is 1.90 bits per heavy atom. The van der Waals surface area contributed by atoms with Crippen LogP contribution in [0.3, 0.4) is 0 Å². The van der Waals surface area contributed by atoms with Gasteiger partial charge in [-0.1, -0.05) is 44.2 Å². The Morgan fingerprint density at radius 3 is 2.48 bits per heavy atom. The SMILES string of the molecule is CC(C)CCN1CCN(C(=O)OC(C)(C)C)[C@@H]([C@@H](O)[C@H](N)Cc2ccccc2)C1. The summed E-state index contributed by atoms with van der Waals surface area (Å²) in [5.41, 5.74) is 6.89. The lowest BCUT2D eigenvalue weighted by Crippen LogP contribution is -2.63. The predicted octanol–water partition coefficient (Wildman–Crippen LogP) is 2.88. The fraction of sp³-hybridized carbons (Fsp3) is 0.696. The lowest BCUT2D eigenvalue weighted by atomic mass is 9.94. The lowest BCUT2D eigenvalue weighted by molar-refractivity contribution is -0.0380. The summed E-state index contributed by atoms with van der Waals surface area (Å²) in [6, 6.07) is 9.07. The number of ether oxygens (including phenoxy) is 1. The molecular formula is C23H39N3O3. The molecule has 3 N–H and O–H groups in total. The fourth-order valence-corrected chi connectivity index (χ4v) is 3.65. The van der Waals surface area contributed by atoms with Crippen LogP contribution in [0.5, 0.6) is 0 Å². The third-order valence-corrected chi connectivity index (χ3v) is 5.30. The highest BCUT2D eigenvalue weighted by Crippen LogP contribution is 2.21. The van der Waals surface area contributed by atoms with E-state index in [4.69, 9.17) is 10.5 Å². The number of hydrogen-bond donors (Lipinski definition) is 2. The molecule has 6 nitrogen and oxygen atoms in total. The molecule has 6 heteroatoms. The number of rotatable bonds is 7. The molecule has 1 aromatic carbocycles. The molecule has 1 aliphatic heterocycles. The van der Waals surface area contributed by atoms with Crippen LogP contribution in [0.15, 0.2) is 30.3 Å². The van der Waals surface area contributed by atoms with E-state index >= 15 is 0 Å². The Kier molecular flexibility index (Phi) is 8.49. The molecule has 0 saturated carbocycles. The second-order valence-corrected chi connectivity index (χ2v) is 9.57. The van der Waals surface area contributed by atoms with Gasteiger partial charge in [0.05, 0.1) is 12.1 Å². The number of aliphatic hydroxyl groups is 1. The van der Waals surface area contributed by atoms with Crippen LogP contribution in [-0.4, -0.2) is 71.0 Å². The maximum Gasteiger partial charge on any atom is 0.410 e. The second-order valence-electron chi connectivity index (χ2n) is 9.57. The molecular weight excluding hydrogens is 366 g/mol. The topological polar surface area (TPSA) is 79.0 Å². The molecule has 3 atom stereocenters. The summed E-state index contributed by atoms with van der Waals surface area (Å²) in [4.78, 5) is 16.8. The van der Waals surface area contributed by atoms with E-state index in [1.165, 1.54) is 0 Å². The minimum Gasteiger partial charge on any atom is -0.444 e. The van der Waals surface area contributed by atoms with Crippen molar-refractivity contribution in [3.05, 3.63) is 35.9 Å². The number of carbonyl (C=O) groups is 1. The Morgan fingerprint density at radius 1 is 1.24 bits per heavy atom. The van der Waals surface area contributed by atoms with Gasteiger partial charge in [0.15, 0.2) is 0 Å². The van der Waals surface area contributed by atoms with Gasteiger partial charge in [0.1, 0.15) is 5.60 Å². The number of amides is 1. The molecule has 0 bridgehead atoms. The summed E-state index contributed by atoms with van der Waals surface area (Å²) < 4.78 is 5.61. The number of piperazine rings is 1. The van der Waals surface area contributed by atoms with Gasteiger partial charge in [-0.05, 0) is 51.6 Å². The highest BCUT2D eigenvalue weighted by atomic mass is 16.6. The van der Waals surface area contributed by atoms with Crippen LogP contribution < -0.4 is 5.73 Å². The molecule has 0 unspecified atom stereocenters. The van der Waals surface area contributed by atoms with Gasteiger partial charge in [-0.2, -0.15) is 0 Å². The Bertz CT molecular complexity index is 630. The quantitative estimate of drug-likeness (QED) is 0.729. The zero-order valence-electron chi connectivity index (χ0n) is 18.7. The summed E-state index contributed by atoms with van der Waals surface area (Å²) in [5, 5.41) is 11.1. The maximum atomic E-state index is 12.8. The molecule has 164 valence electrons. The van der Waals surface area contributed by atoms with Crippen LogP contribution in [0.2, 0.25) is 0 Å². The summed E-state index contributed by atoms with van der Waals surface area (Å²) in [7, 11) is 0. The van der Waals surface area contributed by atoms with Crippen molar-refractivity contribution >= 4 is 6.09 Å². The normalized spacial score (nSPS) is 20.6. The average molecular weight is 406 g/mol. The first-order chi connectivity index (χ1) is 13.6. The Balaban J connectivity index is 2.12. The summed E-state index contributed by atoms with van der Waals surface area (Å²) in [5.74, 6) is 0.614. The van der Waals surface area contributed by atoms with Crippen LogP contribution in [-0.2, 0) is 11.2 Å². The van der Waals surface area contributed by atoms with E-state index in [0.29, 0.717) is 25.4 Å². The van der Waals surface area contributed by atoms with Gasteiger partial charge >= 0.3 is 6.09 Å². The zero-order chi connectivity index (χ0) is 21.6. The van der Waals surface area contributed by atoms with Gasteiger partial charge in [0, 0.05) is 25.7 Å². The minimum atomic E-state index is -0.829. The summed E-state index contributed by atoms with van der Waals surface area (Å²) in [6.45, 7) is 12.9. The molecule has 0 aliphatic carbocycles. The Hall–Kier alpha value is -1.63. The number of benzene rings is 1. The molecule has 1 saturated heterocycles. The van der Waals surface area contributed by atoms with E-state index < -0.39 is 17.7 Å². The van der Waals surface area contributed by atoms with Crippen LogP contribution >= 0.6 is 0 Å². The van der Waals surface area contributed by atoms with Crippen molar-refractivity contribution in [2.75, 3.05) is 26.2 Å². The van der Waals surface area contributed by atoms with Crippen LogP contribution in [0.25, 0.3) is 0 Å². The van der Waals surface area contributed by atoms with Crippen molar-refractivity contribution in [2.45, 2.75) is 71.2 Å². The molecule has 0 aromatic heterocycles. The first-order valence-electron chi connectivity index (χ1n) is 10.8. The molecule has 0 radical (unpaired) electrons. The standard InChI is InChI=1S/C23H39N3O3/c1-17(2)11-12-25-13-14-26(22(28)29-23(3,4)5)20(16-25)21(27)19(24)15-18-9-7-6-8-10-18/h6-10,17,19-21,27H,11-16,24H2,1-5H3/t19-,20-,21+/m1/s1. The van der Waals surface area contributed by atoms with Gasteiger partial charge in [0.2, 0.25) is 0 Å². The van der Waals surface area contributed by atoms with Gasteiger partial charge in [-0.25, -0.2) is 4.79 Å². The van der Waals surface area contributed by atoms with E-state index in [9.17, 15) is 9.90 Å². The van der Waals surface area contributed by atoms with Gasteiger partial charge < -0.3 is 15.6 Å². The largest absolute Gasteiger partial charge is 0.444 e. The molecule has 29 heavy (non-hydrogen) atoms. The third kappa shape index (κ3) is 7.61. The van der Waals surface area contributed by atoms with Gasteiger partial charge in [-0.15, -0.1) is 0 Å². The van der Waals surface area contributed by atoms with Crippen molar-refractivity contribution in [3.63, 3.8) is 0 Å². The van der Waals surface area contributed by atoms with E-state index in [0.717, 1.165) is 25.1 Å². The van der Waals surface area contributed by atoms with E-state index in [-0.39, 0.29) is 12.1 Å².